The number of nitrogens with zero attached hydrogens (tertiary/aromatic N) is 2. The summed E-state index contributed by atoms with van der Waals surface area (Å²) < 4.78 is 29.8. The van der Waals surface area contributed by atoms with Gasteiger partial charge in [0.05, 0.1) is 10.6 Å². The fourth-order valence-corrected chi connectivity index (χ4v) is 8.04. The number of amides is 2. The maximum absolute atomic E-state index is 14.7. The van der Waals surface area contributed by atoms with Crippen molar-refractivity contribution in [3.8, 4) is 0 Å². The zero-order valence-corrected chi connectivity index (χ0v) is 29.6. The number of carbonyl (C=O) groups excluding carboxylic acids is 2. The van der Waals surface area contributed by atoms with E-state index in [1.165, 1.54) is 16.1 Å². The number of rotatable bonds is 13. The van der Waals surface area contributed by atoms with Gasteiger partial charge in [-0.05, 0) is 80.5 Å². The number of anilines is 1. The van der Waals surface area contributed by atoms with Gasteiger partial charge in [-0.1, -0.05) is 97.1 Å². The molecule has 1 saturated carbocycles. The molecule has 1 aliphatic carbocycles. The van der Waals surface area contributed by atoms with E-state index in [9.17, 15) is 18.0 Å². The molecule has 1 N–H and O–H groups in total. The monoisotopic (exact) mass is 683 g/mol. The standard InChI is InChI=1S/C39H45N3O4S2/c1-29-17-19-34(20-18-29)42(48(45,46)36-23-21-35(47-3)22-24-36)28-38(43)41(27-32-14-10-11-30(2)25-32)37(26-31-12-6-4-7-13-31)39(44)40-33-15-8-5-9-16-33/h4,6-7,10-14,17-25,33,37H,5,8-9,15-16,26-28H2,1-3H3,(H,40,44)/t37-/m0/s1. The van der Waals surface area contributed by atoms with Crippen molar-refractivity contribution in [1.82, 2.24) is 10.2 Å². The molecule has 0 radical (unpaired) electrons. The third-order valence-corrected chi connectivity index (χ3v) is 11.4. The van der Waals surface area contributed by atoms with Crippen LogP contribution >= 0.6 is 11.8 Å². The molecule has 48 heavy (non-hydrogen) atoms. The molecule has 0 bridgehead atoms. The summed E-state index contributed by atoms with van der Waals surface area (Å²) in [6.45, 7) is 3.60. The Morgan fingerprint density at radius 1 is 0.812 bits per heavy atom. The number of nitrogens with one attached hydrogen (secondary N) is 1. The molecule has 1 fully saturated rings. The molecule has 0 aliphatic heterocycles. The first kappa shape index (κ1) is 35.2. The minimum Gasteiger partial charge on any atom is -0.352 e. The molecular weight excluding hydrogens is 639 g/mol. The van der Waals surface area contributed by atoms with Crippen LogP contribution in [-0.2, 0) is 32.6 Å². The second-order valence-corrected chi connectivity index (χ2v) is 15.3. The summed E-state index contributed by atoms with van der Waals surface area (Å²) in [4.78, 5) is 31.6. The van der Waals surface area contributed by atoms with Gasteiger partial charge in [0.25, 0.3) is 10.0 Å². The zero-order chi connectivity index (χ0) is 34.1. The average Bonchev–Trinajstić information content (AvgIpc) is 3.10. The Kier molecular flexibility index (Phi) is 12.0. The van der Waals surface area contributed by atoms with Gasteiger partial charge in [-0.15, -0.1) is 11.8 Å². The van der Waals surface area contributed by atoms with Gasteiger partial charge in [-0.25, -0.2) is 8.42 Å². The summed E-state index contributed by atoms with van der Waals surface area (Å²) in [5, 5.41) is 3.26. The summed E-state index contributed by atoms with van der Waals surface area (Å²) in [5.74, 6) is -0.676. The third-order valence-electron chi connectivity index (χ3n) is 8.91. The zero-order valence-electron chi connectivity index (χ0n) is 28.0. The van der Waals surface area contributed by atoms with Crippen LogP contribution < -0.4 is 9.62 Å². The van der Waals surface area contributed by atoms with Crippen LogP contribution in [0.25, 0.3) is 0 Å². The van der Waals surface area contributed by atoms with E-state index >= 15 is 0 Å². The highest BCUT2D eigenvalue weighted by Gasteiger charge is 2.35. The number of hydrogen-bond acceptors (Lipinski definition) is 5. The fourth-order valence-electron chi connectivity index (χ4n) is 6.22. The quantitative estimate of drug-likeness (QED) is 0.150. The molecule has 2 amide bonds. The highest BCUT2D eigenvalue weighted by Crippen LogP contribution is 2.27. The molecule has 0 saturated heterocycles. The summed E-state index contributed by atoms with van der Waals surface area (Å²) in [6, 6.07) is 30.5. The Labute approximate surface area is 289 Å². The second kappa shape index (κ2) is 16.3. The van der Waals surface area contributed by atoms with E-state index in [4.69, 9.17) is 0 Å². The van der Waals surface area contributed by atoms with Crippen molar-refractivity contribution in [2.45, 2.75) is 80.8 Å². The molecular formula is C39H45N3O4S2. The van der Waals surface area contributed by atoms with Gasteiger partial charge in [0.2, 0.25) is 11.8 Å². The predicted octanol–water partition coefficient (Wildman–Crippen LogP) is 7.31. The maximum Gasteiger partial charge on any atom is 0.264 e. The van der Waals surface area contributed by atoms with Crippen molar-refractivity contribution < 1.29 is 18.0 Å². The molecule has 0 aromatic heterocycles. The highest BCUT2D eigenvalue weighted by molar-refractivity contribution is 7.98. The minimum atomic E-state index is -4.15. The number of thioether (sulfide) groups is 1. The first-order chi connectivity index (χ1) is 23.1. The molecule has 1 atom stereocenters. The molecule has 7 nitrogen and oxygen atoms in total. The van der Waals surface area contributed by atoms with E-state index < -0.39 is 28.5 Å². The molecule has 0 spiro atoms. The van der Waals surface area contributed by atoms with Crippen molar-refractivity contribution in [2.75, 3.05) is 17.1 Å². The first-order valence-electron chi connectivity index (χ1n) is 16.6. The van der Waals surface area contributed by atoms with Crippen molar-refractivity contribution in [2.24, 2.45) is 0 Å². The lowest BCUT2D eigenvalue weighted by Crippen LogP contribution is -2.55. The Morgan fingerprint density at radius 2 is 1.48 bits per heavy atom. The molecule has 9 heteroatoms. The van der Waals surface area contributed by atoms with Crippen molar-refractivity contribution in [3.63, 3.8) is 0 Å². The first-order valence-corrected chi connectivity index (χ1v) is 19.2. The summed E-state index contributed by atoms with van der Waals surface area (Å²) in [6.07, 6.45) is 7.31. The number of carbonyl (C=O) groups is 2. The Bertz CT molecular complexity index is 1770. The van der Waals surface area contributed by atoms with E-state index in [1.807, 2.05) is 86.8 Å². The van der Waals surface area contributed by atoms with Gasteiger partial charge in [0.15, 0.2) is 0 Å². The van der Waals surface area contributed by atoms with E-state index in [2.05, 4.69) is 5.32 Å². The Morgan fingerprint density at radius 3 is 2.12 bits per heavy atom. The smallest absolute Gasteiger partial charge is 0.264 e. The predicted molar refractivity (Wildman–Crippen MR) is 195 cm³/mol. The molecule has 4 aromatic rings. The Hall–Kier alpha value is -4.08. The van der Waals surface area contributed by atoms with Crippen LogP contribution in [0.1, 0.15) is 54.4 Å². The van der Waals surface area contributed by atoms with Crippen LogP contribution in [0, 0.1) is 13.8 Å². The van der Waals surface area contributed by atoms with Gasteiger partial charge in [0, 0.05) is 23.9 Å². The molecule has 1 aliphatic rings. The van der Waals surface area contributed by atoms with Crippen LogP contribution in [0.3, 0.4) is 0 Å². The lowest BCUT2D eigenvalue weighted by Gasteiger charge is -2.35. The highest BCUT2D eigenvalue weighted by atomic mass is 32.2. The lowest BCUT2D eigenvalue weighted by molar-refractivity contribution is -0.140. The molecule has 252 valence electrons. The van der Waals surface area contributed by atoms with E-state index in [-0.39, 0.29) is 23.4 Å². The van der Waals surface area contributed by atoms with Gasteiger partial charge in [0.1, 0.15) is 12.6 Å². The number of sulfonamides is 1. The van der Waals surface area contributed by atoms with Gasteiger partial charge < -0.3 is 10.2 Å². The summed E-state index contributed by atoms with van der Waals surface area (Å²) in [5.41, 5.74) is 4.16. The van der Waals surface area contributed by atoms with Crippen molar-refractivity contribution >= 4 is 39.3 Å². The van der Waals surface area contributed by atoms with E-state index in [0.29, 0.717) is 12.1 Å². The van der Waals surface area contributed by atoms with Gasteiger partial charge in [-0.3, -0.25) is 13.9 Å². The van der Waals surface area contributed by atoms with Crippen LogP contribution in [0.2, 0.25) is 0 Å². The number of aryl methyl sites for hydroxylation is 2. The second-order valence-electron chi connectivity index (χ2n) is 12.6. The summed E-state index contributed by atoms with van der Waals surface area (Å²) in [7, 11) is -4.15. The van der Waals surface area contributed by atoms with Gasteiger partial charge >= 0.3 is 0 Å². The molecule has 5 rings (SSSR count). The van der Waals surface area contributed by atoms with Crippen LogP contribution in [0.5, 0.6) is 0 Å². The Balaban J connectivity index is 1.56. The van der Waals surface area contributed by atoms with Crippen molar-refractivity contribution in [3.05, 3.63) is 125 Å². The van der Waals surface area contributed by atoms with Crippen LogP contribution in [0.4, 0.5) is 5.69 Å². The SMILES string of the molecule is CSc1ccc(S(=O)(=O)N(CC(=O)N(Cc2cccc(C)c2)[C@@H](Cc2ccccc2)C(=O)NC2CCCCC2)c2ccc(C)cc2)cc1. The lowest BCUT2D eigenvalue weighted by atomic mass is 9.94. The van der Waals surface area contributed by atoms with Crippen LogP contribution in [0.15, 0.2) is 113 Å². The van der Waals surface area contributed by atoms with E-state index in [0.717, 1.165) is 59.3 Å². The number of benzene rings is 4. The number of hydrogen-bond donors (Lipinski definition) is 1. The maximum atomic E-state index is 14.7. The normalized spacial score (nSPS) is 14.2. The molecule has 4 aromatic carbocycles. The average molecular weight is 684 g/mol. The third kappa shape index (κ3) is 9.08. The van der Waals surface area contributed by atoms with Gasteiger partial charge in [-0.2, -0.15) is 0 Å². The summed E-state index contributed by atoms with van der Waals surface area (Å²) >= 11 is 1.52. The topological polar surface area (TPSA) is 86.8 Å². The molecule has 0 heterocycles. The fraction of sp³-hybridized carbons (Fsp3) is 0.333. The van der Waals surface area contributed by atoms with E-state index in [1.54, 1.807) is 41.3 Å². The minimum absolute atomic E-state index is 0.0501. The van der Waals surface area contributed by atoms with Crippen LogP contribution in [-0.4, -0.2) is 50.0 Å². The molecule has 0 unspecified atom stereocenters. The largest absolute Gasteiger partial charge is 0.352 e. The van der Waals surface area contributed by atoms with Crippen molar-refractivity contribution in [1.29, 1.82) is 0 Å².